The van der Waals surface area contributed by atoms with Gasteiger partial charge in [0.1, 0.15) is 0 Å². The fourth-order valence-electron chi connectivity index (χ4n) is 3.82. The molecule has 0 aromatic heterocycles. The Balaban J connectivity index is 2.45. The molecule has 5 nitrogen and oxygen atoms in total. The van der Waals surface area contributed by atoms with Crippen molar-refractivity contribution in [3.05, 3.63) is 60.7 Å². The highest BCUT2D eigenvalue weighted by Crippen LogP contribution is 2.36. The number of hydrogen-bond donors (Lipinski definition) is 3. The summed E-state index contributed by atoms with van der Waals surface area (Å²) < 4.78 is 6.83. The van der Waals surface area contributed by atoms with Crippen LogP contribution in [0, 0.1) is 0 Å². The van der Waals surface area contributed by atoms with Gasteiger partial charge in [-0.05, 0) is 35.2 Å². The molecule has 0 aliphatic heterocycles. The zero-order valence-electron chi connectivity index (χ0n) is 17.9. The highest BCUT2D eigenvalue weighted by molar-refractivity contribution is 6.99. The Bertz CT molecular complexity index is 721. The average molecular weight is 415 g/mol. The Morgan fingerprint density at radius 3 is 1.90 bits per heavy atom. The van der Waals surface area contributed by atoms with E-state index in [1.165, 1.54) is 10.4 Å². The highest BCUT2D eigenvalue weighted by Gasteiger charge is 2.50. The van der Waals surface area contributed by atoms with Gasteiger partial charge in [0.15, 0.2) is 0 Å². The summed E-state index contributed by atoms with van der Waals surface area (Å²) in [5.41, 5.74) is 5.90. The maximum Gasteiger partial charge on any atom is 0.404 e. The molecule has 2 rings (SSSR count). The van der Waals surface area contributed by atoms with Crippen molar-refractivity contribution in [1.29, 1.82) is 0 Å². The summed E-state index contributed by atoms with van der Waals surface area (Å²) in [4.78, 5) is 11.3. The first kappa shape index (κ1) is 23.1. The Labute approximate surface area is 175 Å². The van der Waals surface area contributed by atoms with E-state index in [1.807, 2.05) is 43.3 Å². The topological polar surface area (TPSA) is 84.6 Å². The largest absolute Gasteiger partial charge is 0.465 e. The first-order chi connectivity index (χ1) is 13.7. The minimum absolute atomic E-state index is 0.0148. The Morgan fingerprint density at radius 1 is 1.03 bits per heavy atom. The van der Waals surface area contributed by atoms with Crippen LogP contribution in [0.15, 0.2) is 60.7 Å². The molecule has 0 bridgehead atoms. The van der Waals surface area contributed by atoms with Crippen molar-refractivity contribution in [3.8, 4) is 0 Å². The predicted molar refractivity (Wildman–Crippen MR) is 121 cm³/mol. The van der Waals surface area contributed by atoms with Gasteiger partial charge in [-0.15, -0.1) is 0 Å². The summed E-state index contributed by atoms with van der Waals surface area (Å²) in [7, 11) is -2.68. The van der Waals surface area contributed by atoms with Gasteiger partial charge in [0, 0.05) is 6.04 Å². The van der Waals surface area contributed by atoms with E-state index >= 15 is 0 Å². The smallest absolute Gasteiger partial charge is 0.404 e. The monoisotopic (exact) mass is 414 g/mol. The molecule has 0 aliphatic carbocycles. The van der Waals surface area contributed by atoms with Crippen molar-refractivity contribution in [1.82, 2.24) is 5.32 Å². The lowest BCUT2D eigenvalue weighted by Gasteiger charge is -2.43. The standard InChI is InChI=1S/C23H34N2O3Si/c1-18(24)15-16-19(25-22(26)27)17-28-29(23(2,3)4,20-11-7-5-8-12-20)21-13-9-6-10-14-21/h5-14,18-19,25H,15-17,24H2,1-4H3,(H,26,27). The van der Waals surface area contributed by atoms with Crippen LogP contribution in [0.25, 0.3) is 0 Å². The van der Waals surface area contributed by atoms with Crippen LogP contribution in [0.5, 0.6) is 0 Å². The van der Waals surface area contributed by atoms with Gasteiger partial charge in [0.25, 0.3) is 8.32 Å². The van der Waals surface area contributed by atoms with Crippen LogP contribution >= 0.6 is 0 Å². The van der Waals surface area contributed by atoms with E-state index < -0.39 is 14.4 Å². The van der Waals surface area contributed by atoms with Gasteiger partial charge in [-0.2, -0.15) is 0 Å². The molecule has 29 heavy (non-hydrogen) atoms. The molecule has 0 saturated carbocycles. The molecule has 0 fully saturated rings. The normalized spacial score (nSPS) is 14.2. The van der Waals surface area contributed by atoms with E-state index in [9.17, 15) is 9.90 Å². The van der Waals surface area contributed by atoms with E-state index in [0.29, 0.717) is 13.0 Å². The van der Waals surface area contributed by atoms with Crippen molar-refractivity contribution < 1.29 is 14.3 Å². The summed E-state index contributed by atoms with van der Waals surface area (Å²) in [6.07, 6.45) is 0.336. The van der Waals surface area contributed by atoms with Crippen LogP contribution in [-0.4, -0.2) is 38.2 Å². The third-order valence-corrected chi connectivity index (χ3v) is 10.2. The van der Waals surface area contributed by atoms with E-state index in [4.69, 9.17) is 10.2 Å². The maximum atomic E-state index is 11.3. The van der Waals surface area contributed by atoms with E-state index in [2.05, 4.69) is 50.4 Å². The molecule has 1 amide bonds. The minimum Gasteiger partial charge on any atom is -0.465 e. The number of hydrogen-bond acceptors (Lipinski definition) is 3. The quantitative estimate of drug-likeness (QED) is 0.550. The molecule has 4 N–H and O–H groups in total. The SMILES string of the molecule is CC(N)CCC(CO[Si](c1ccccc1)(c1ccccc1)C(C)(C)C)NC(=O)O. The molecular weight excluding hydrogens is 380 g/mol. The van der Waals surface area contributed by atoms with Gasteiger partial charge in [0.2, 0.25) is 0 Å². The zero-order valence-corrected chi connectivity index (χ0v) is 18.9. The van der Waals surface area contributed by atoms with Crippen LogP contribution in [0.3, 0.4) is 0 Å². The minimum atomic E-state index is -2.68. The number of rotatable bonds is 9. The van der Waals surface area contributed by atoms with Crippen molar-refractivity contribution in [2.45, 2.75) is 57.7 Å². The van der Waals surface area contributed by atoms with Crippen molar-refractivity contribution >= 4 is 24.8 Å². The third-order valence-electron chi connectivity index (χ3n) is 5.22. The van der Waals surface area contributed by atoms with Crippen molar-refractivity contribution in [3.63, 3.8) is 0 Å². The third kappa shape index (κ3) is 5.92. The van der Waals surface area contributed by atoms with Crippen molar-refractivity contribution in [2.24, 2.45) is 5.73 Å². The number of carboxylic acid groups (broad SMARTS) is 1. The first-order valence-corrected chi connectivity index (χ1v) is 12.1. The molecular formula is C23H34N2O3Si. The Hall–Kier alpha value is -2.15. The molecule has 2 unspecified atom stereocenters. The lowest BCUT2D eigenvalue weighted by molar-refractivity contribution is 0.176. The number of carbonyl (C=O) groups is 1. The molecule has 2 aromatic rings. The highest BCUT2D eigenvalue weighted by atomic mass is 28.4. The first-order valence-electron chi connectivity index (χ1n) is 10.2. The number of amides is 1. The molecule has 0 heterocycles. The second kappa shape index (κ2) is 10.0. The lowest BCUT2D eigenvalue weighted by Crippen LogP contribution is -2.67. The number of nitrogens with one attached hydrogen (secondary N) is 1. The molecule has 158 valence electrons. The average Bonchev–Trinajstić information content (AvgIpc) is 2.66. The van der Waals surface area contributed by atoms with Gasteiger partial charge in [-0.3, -0.25) is 0 Å². The Morgan fingerprint density at radius 2 is 1.52 bits per heavy atom. The van der Waals surface area contributed by atoms with Crippen LogP contribution in [0.4, 0.5) is 4.79 Å². The van der Waals surface area contributed by atoms with E-state index in [-0.39, 0.29) is 17.1 Å². The molecule has 0 spiro atoms. The van der Waals surface area contributed by atoms with E-state index in [1.54, 1.807) is 0 Å². The summed E-state index contributed by atoms with van der Waals surface area (Å²) in [6.45, 7) is 8.87. The molecule has 2 aromatic carbocycles. The van der Waals surface area contributed by atoms with Gasteiger partial charge in [0.05, 0.1) is 12.6 Å². The van der Waals surface area contributed by atoms with E-state index in [0.717, 1.165) is 6.42 Å². The van der Waals surface area contributed by atoms with Crippen LogP contribution < -0.4 is 21.4 Å². The zero-order chi connectivity index (χ0) is 21.5. The molecule has 0 aliphatic rings. The van der Waals surface area contributed by atoms with Gasteiger partial charge >= 0.3 is 6.09 Å². The molecule has 0 saturated heterocycles. The molecule has 6 heteroatoms. The molecule has 0 radical (unpaired) electrons. The summed E-state index contributed by atoms with van der Waals surface area (Å²) in [5.74, 6) is 0. The molecule has 2 atom stereocenters. The second-order valence-electron chi connectivity index (χ2n) is 8.68. The fraction of sp³-hybridized carbons (Fsp3) is 0.435. The van der Waals surface area contributed by atoms with Crippen LogP contribution in [0.2, 0.25) is 5.04 Å². The number of benzene rings is 2. The summed E-state index contributed by atoms with van der Waals surface area (Å²) in [6, 6.07) is 20.4. The number of nitrogens with two attached hydrogens (primary N) is 1. The van der Waals surface area contributed by atoms with Gasteiger partial charge in [-0.1, -0.05) is 81.4 Å². The maximum absolute atomic E-state index is 11.3. The Kier molecular flexibility index (Phi) is 8.02. The van der Waals surface area contributed by atoms with Crippen molar-refractivity contribution in [2.75, 3.05) is 6.61 Å². The van der Waals surface area contributed by atoms with Gasteiger partial charge in [-0.25, -0.2) is 4.79 Å². The summed E-state index contributed by atoms with van der Waals surface area (Å²) in [5, 5.41) is 14.1. The van der Waals surface area contributed by atoms with Gasteiger partial charge < -0.3 is 20.6 Å². The van der Waals surface area contributed by atoms with Crippen LogP contribution in [0.1, 0.15) is 40.5 Å². The lowest BCUT2D eigenvalue weighted by atomic mass is 10.1. The summed E-state index contributed by atoms with van der Waals surface area (Å²) >= 11 is 0. The predicted octanol–water partition coefficient (Wildman–Crippen LogP) is 3.33. The second-order valence-corrected chi connectivity index (χ2v) is 13.0. The van der Waals surface area contributed by atoms with Crippen LogP contribution in [-0.2, 0) is 4.43 Å². The fourth-order valence-corrected chi connectivity index (χ4v) is 8.43.